The minimum atomic E-state index is 0.0725. The number of hydrogen-bond donors (Lipinski definition) is 0. The van der Waals surface area contributed by atoms with Crippen LogP contribution in [0.25, 0.3) is 0 Å². The van der Waals surface area contributed by atoms with Gasteiger partial charge in [0, 0.05) is 19.1 Å². The molecule has 0 spiro atoms. The topological polar surface area (TPSA) is 54.3 Å². The molecule has 2 aliphatic rings. The standard InChI is InChI=1S/C16H27N5O/c1-13(2)20-9-4-3-7-15(20)16(22)19-8-5-6-14(10-19)21-12-17-11-18-21/h11-15H,3-10H2,1-2H3. The Morgan fingerprint density at radius 3 is 2.77 bits per heavy atom. The van der Waals surface area contributed by atoms with E-state index in [0.29, 0.717) is 11.9 Å². The molecule has 1 aromatic rings. The fourth-order valence-electron chi connectivity index (χ4n) is 3.82. The van der Waals surface area contributed by atoms with Crippen LogP contribution in [-0.4, -0.2) is 62.2 Å². The first-order valence-corrected chi connectivity index (χ1v) is 8.55. The molecule has 122 valence electrons. The van der Waals surface area contributed by atoms with Gasteiger partial charge in [-0.05, 0) is 46.1 Å². The molecule has 0 N–H and O–H groups in total. The number of rotatable bonds is 3. The lowest BCUT2D eigenvalue weighted by atomic mass is 9.97. The summed E-state index contributed by atoms with van der Waals surface area (Å²) in [5, 5.41) is 4.25. The van der Waals surface area contributed by atoms with Crippen molar-refractivity contribution in [2.45, 2.75) is 64.1 Å². The van der Waals surface area contributed by atoms with Gasteiger partial charge in [0.15, 0.2) is 0 Å². The molecule has 0 aliphatic carbocycles. The van der Waals surface area contributed by atoms with Crippen LogP contribution in [0, 0.1) is 0 Å². The van der Waals surface area contributed by atoms with Crippen LogP contribution in [0.3, 0.4) is 0 Å². The lowest BCUT2D eigenvalue weighted by Crippen LogP contribution is -2.55. The van der Waals surface area contributed by atoms with Crippen molar-refractivity contribution < 1.29 is 4.79 Å². The van der Waals surface area contributed by atoms with E-state index in [9.17, 15) is 4.79 Å². The summed E-state index contributed by atoms with van der Waals surface area (Å²) in [5.74, 6) is 0.318. The number of likely N-dealkylation sites (tertiary alicyclic amines) is 2. The van der Waals surface area contributed by atoms with Crippen LogP contribution in [0.4, 0.5) is 0 Å². The Balaban J connectivity index is 1.68. The predicted octanol–water partition coefficient (Wildman–Crippen LogP) is 1.70. The maximum absolute atomic E-state index is 13.0. The number of piperidine rings is 2. The van der Waals surface area contributed by atoms with E-state index in [-0.39, 0.29) is 12.1 Å². The molecule has 2 atom stereocenters. The predicted molar refractivity (Wildman–Crippen MR) is 84.4 cm³/mol. The lowest BCUT2D eigenvalue weighted by Gasteiger charge is -2.42. The highest BCUT2D eigenvalue weighted by Gasteiger charge is 2.35. The summed E-state index contributed by atoms with van der Waals surface area (Å²) in [6.45, 7) is 7.09. The highest BCUT2D eigenvalue weighted by Crippen LogP contribution is 2.25. The molecule has 6 heteroatoms. The van der Waals surface area contributed by atoms with Gasteiger partial charge in [-0.25, -0.2) is 9.67 Å². The van der Waals surface area contributed by atoms with E-state index in [1.54, 1.807) is 12.7 Å². The highest BCUT2D eigenvalue weighted by molar-refractivity contribution is 5.82. The Hall–Kier alpha value is -1.43. The van der Waals surface area contributed by atoms with Crippen molar-refractivity contribution in [2.24, 2.45) is 0 Å². The highest BCUT2D eigenvalue weighted by atomic mass is 16.2. The van der Waals surface area contributed by atoms with E-state index >= 15 is 0 Å². The molecule has 2 unspecified atom stereocenters. The summed E-state index contributed by atoms with van der Waals surface area (Å²) in [5.41, 5.74) is 0. The van der Waals surface area contributed by atoms with Gasteiger partial charge < -0.3 is 4.90 Å². The van der Waals surface area contributed by atoms with Gasteiger partial charge in [-0.15, -0.1) is 0 Å². The van der Waals surface area contributed by atoms with Crippen molar-refractivity contribution in [1.29, 1.82) is 0 Å². The Kier molecular flexibility index (Phi) is 4.76. The largest absolute Gasteiger partial charge is 0.339 e. The molecule has 6 nitrogen and oxygen atoms in total. The van der Waals surface area contributed by atoms with Gasteiger partial charge in [0.2, 0.25) is 5.91 Å². The Bertz CT molecular complexity index is 487. The zero-order valence-electron chi connectivity index (χ0n) is 13.7. The summed E-state index contributed by atoms with van der Waals surface area (Å²) >= 11 is 0. The normalized spacial score (nSPS) is 27.3. The molecule has 3 rings (SSSR count). The molecule has 3 heterocycles. The van der Waals surface area contributed by atoms with Crippen molar-refractivity contribution in [3.05, 3.63) is 12.7 Å². The Morgan fingerprint density at radius 2 is 2.05 bits per heavy atom. The molecule has 0 aromatic carbocycles. The monoisotopic (exact) mass is 305 g/mol. The number of aromatic nitrogens is 3. The van der Waals surface area contributed by atoms with E-state index < -0.39 is 0 Å². The number of hydrogen-bond acceptors (Lipinski definition) is 4. The van der Waals surface area contributed by atoms with Crippen LogP contribution in [-0.2, 0) is 4.79 Å². The summed E-state index contributed by atoms with van der Waals surface area (Å²) in [6.07, 6.45) is 8.84. The van der Waals surface area contributed by atoms with E-state index in [1.165, 1.54) is 12.8 Å². The van der Waals surface area contributed by atoms with Gasteiger partial charge in [0.05, 0.1) is 12.1 Å². The maximum atomic E-state index is 13.0. The number of nitrogens with zero attached hydrogens (tertiary/aromatic N) is 5. The fraction of sp³-hybridized carbons (Fsp3) is 0.812. The third-order valence-corrected chi connectivity index (χ3v) is 5.01. The van der Waals surface area contributed by atoms with Gasteiger partial charge in [0.25, 0.3) is 0 Å². The second kappa shape index (κ2) is 6.77. The van der Waals surface area contributed by atoms with Crippen LogP contribution < -0.4 is 0 Å². The molecule has 2 aliphatic heterocycles. The van der Waals surface area contributed by atoms with Crippen LogP contribution in [0.2, 0.25) is 0 Å². The SMILES string of the molecule is CC(C)N1CCCCC1C(=O)N1CCCC(n2cncn2)C1. The first kappa shape index (κ1) is 15.5. The summed E-state index contributed by atoms with van der Waals surface area (Å²) in [7, 11) is 0. The number of carbonyl (C=O) groups is 1. The Labute approximate surface area is 132 Å². The Morgan fingerprint density at radius 1 is 1.18 bits per heavy atom. The third kappa shape index (κ3) is 3.16. The van der Waals surface area contributed by atoms with Crippen LogP contribution in [0.5, 0.6) is 0 Å². The number of amides is 1. The molecular formula is C16H27N5O. The van der Waals surface area contributed by atoms with E-state index in [2.05, 4.69) is 33.7 Å². The van der Waals surface area contributed by atoms with Crippen molar-refractivity contribution in [2.75, 3.05) is 19.6 Å². The molecule has 0 saturated carbocycles. The smallest absolute Gasteiger partial charge is 0.240 e. The van der Waals surface area contributed by atoms with Crippen molar-refractivity contribution in [3.63, 3.8) is 0 Å². The molecule has 22 heavy (non-hydrogen) atoms. The van der Waals surface area contributed by atoms with Crippen molar-refractivity contribution >= 4 is 5.91 Å². The summed E-state index contributed by atoms with van der Waals surface area (Å²) in [4.78, 5) is 21.5. The summed E-state index contributed by atoms with van der Waals surface area (Å²) in [6, 6.07) is 0.782. The van der Waals surface area contributed by atoms with Crippen molar-refractivity contribution in [1.82, 2.24) is 24.6 Å². The quantitative estimate of drug-likeness (QED) is 0.853. The van der Waals surface area contributed by atoms with Crippen LogP contribution >= 0.6 is 0 Å². The zero-order valence-corrected chi connectivity index (χ0v) is 13.7. The minimum Gasteiger partial charge on any atom is -0.339 e. The van der Waals surface area contributed by atoms with Crippen LogP contribution in [0.1, 0.15) is 52.0 Å². The van der Waals surface area contributed by atoms with Gasteiger partial charge in [-0.1, -0.05) is 6.42 Å². The van der Waals surface area contributed by atoms with Gasteiger partial charge in [-0.3, -0.25) is 9.69 Å². The van der Waals surface area contributed by atoms with E-state index in [4.69, 9.17) is 0 Å². The van der Waals surface area contributed by atoms with Gasteiger partial charge >= 0.3 is 0 Å². The van der Waals surface area contributed by atoms with Gasteiger partial charge in [0.1, 0.15) is 12.7 Å². The van der Waals surface area contributed by atoms with E-state index in [1.807, 2.05) is 4.68 Å². The molecule has 2 fully saturated rings. The number of carbonyl (C=O) groups excluding carboxylic acids is 1. The molecule has 2 saturated heterocycles. The third-order valence-electron chi connectivity index (χ3n) is 5.01. The van der Waals surface area contributed by atoms with E-state index in [0.717, 1.165) is 38.9 Å². The molecular weight excluding hydrogens is 278 g/mol. The average Bonchev–Trinajstić information content (AvgIpc) is 3.09. The molecule has 0 bridgehead atoms. The maximum Gasteiger partial charge on any atom is 0.240 e. The average molecular weight is 305 g/mol. The van der Waals surface area contributed by atoms with Gasteiger partial charge in [-0.2, -0.15) is 5.10 Å². The molecule has 1 amide bonds. The fourth-order valence-corrected chi connectivity index (χ4v) is 3.82. The first-order valence-electron chi connectivity index (χ1n) is 8.55. The second-order valence-electron chi connectivity index (χ2n) is 6.80. The zero-order chi connectivity index (χ0) is 15.5. The minimum absolute atomic E-state index is 0.0725. The molecule has 0 radical (unpaired) electrons. The summed E-state index contributed by atoms with van der Waals surface area (Å²) < 4.78 is 1.90. The lowest BCUT2D eigenvalue weighted by molar-refractivity contribution is -0.141. The second-order valence-corrected chi connectivity index (χ2v) is 6.80. The molecule has 1 aromatic heterocycles. The van der Waals surface area contributed by atoms with Crippen LogP contribution in [0.15, 0.2) is 12.7 Å². The first-order chi connectivity index (χ1) is 10.7. The van der Waals surface area contributed by atoms with Crippen molar-refractivity contribution in [3.8, 4) is 0 Å².